The highest BCUT2D eigenvalue weighted by Crippen LogP contribution is 2.46. The van der Waals surface area contributed by atoms with Gasteiger partial charge in [0.05, 0.1) is 42.7 Å². The molecule has 100 heavy (non-hydrogen) atoms. The molecule has 0 aliphatic heterocycles. The van der Waals surface area contributed by atoms with E-state index in [-0.39, 0.29) is 104 Å². The van der Waals surface area contributed by atoms with Crippen molar-refractivity contribution < 1.29 is 81.7 Å². The van der Waals surface area contributed by atoms with Crippen LogP contribution in [0, 0.1) is 88.3 Å². The van der Waals surface area contributed by atoms with E-state index in [1.54, 1.807) is 40.1 Å². The Hall–Kier alpha value is -7.16. The zero-order valence-electron chi connectivity index (χ0n) is 59.1. The van der Waals surface area contributed by atoms with Gasteiger partial charge < -0.3 is 28.8 Å². The summed E-state index contributed by atoms with van der Waals surface area (Å²) < 4.78 is 187. The first kappa shape index (κ1) is 87.1. The number of carbonyl (C=O) groups is 4. The number of aryl methyl sites for hydroxylation is 4. The molecule has 4 atom stereocenters. The van der Waals surface area contributed by atoms with Gasteiger partial charge in [-0.1, -0.05) is 53.7 Å². The lowest BCUT2D eigenvalue weighted by Gasteiger charge is -2.26. The quantitative estimate of drug-likeness (QED) is 0.0355. The Morgan fingerprint density at radius 1 is 0.520 bits per heavy atom. The topological polar surface area (TPSA) is 148 Å². The molecule has 12 nitrogen and oxygen atoms in total. The van der Waals surface area contributed by atoms with Crippen LogP contribution < -0.4 is 11.1 Å². The van der Waals surface area contributed by atoms with Crippen molar-refractivity contribution in [3.8, 4) is 22.3 Å². The molecular weight excluding hydrogens is 1360 g/mol. The second-order valence-corrected chi connectivity index (χ2v) is 26.1. The molecular formula is C74H92F12N4O8S2. The molecule has 0 saturated carbocycles. The number of benzene rings is 4. The molecule has 1 N–H and O–H groups in total. The van der Waals surface area contributed by atoms with Crippen LogP contribution in [0.3, 0.4) is 0 Å². The van der Waals surface area contributed by atoms with Crippen molar-refractivity contribution in [2.45, 2.75) is 178 Å². The summed E-state index contributed by atoms with van der Waals surface area (Å²) in [6, 6.07) is 5.60. The van der Waals surface area contributed by atoms with E-state index < -0.39 is 165 Å². The van der Waals surface area contributed by atoms with Gasteiger partial charge in [0.15, 0.2) is 11.6 Å². The number of aliphatic carboxylic acids is 1. The fraction of sp³-hybridized carbons (Fsp3) is 0.486. The molecule has 0 bridgehead atoms. The van der Waals surface area contributed by atoms with Gasteiger partial charge in [-0.25, -0.2) is 26.3 Å². The van der Waals surface area contributed by atoms with E-state index in [0.717, 1.165) is 41.9 Å². The van der Waals surface area contributed by atoms with E-state index in [2.05, 4.69) is 9.80 Å². The minimum atomic E-state index is -5.34. The molecule has 0 aliphatic carbocycles. The third kappa shape index (κ3) is 21.7. The molecule has 0 radical (unpaired) electrons. The molecule has 2 unspecified atom stereocenters. The molecule has 0 aliphatic rings. The largest absolute Gasteiger partial charge is 0.481 e. The number of carboxylic acid groups (broad SMARTS) is 1. The Labute approximate surface area is 590 Å². The van der Waals surface area contributed by atoms with Gasteiger partial charge in [-0.2, -0.15) is 53.3 Å². The molecule has 6 rings (SSSR count). The monoisotopic (exact) mass is 1460 g/mol. The molecule has 2 heterocycles. The zero-order chi connectivity index (χ0) is 73.9. The molecule has 0 saturated heterocycles. The SMILES string of the molecule is CCN(C)CCc1cn(C(CC(C)C)C(=O)C[C@@H](CC(=O)O)c2c(F)c(-c3c(C)ccc(F)c3C)cc(C(F)(F)F)c2F)c(=O)cc1C.CCOC(=O)C[C@H](CC(=O)C(CC(C)C)n1cc(CCN(C)CC)c(C)cc1=O)c1c(F)c(-c2c(C)ccc(F)c2C)cc(C(F)(F)F)c1F.S.S. The molecule has 552 valence electrons. The van der Waals surface area contributed by atoms with Crippen molar-refractivity contribution in [2.24, 2.45) is 11.8 Å². The van der Waals surface area contributed by atoms with Crippen LogP contribution in [0.5, 0.6) is 0 Å². The molecule has 26 heteroatoms. The van der Waals surface area contributed by atoms with Crippen LogP contribution in [0.4, 0.5) is 52.7 Å². The Morgan fingerprint density at radius 2 is 0.870 bits per heavy atom. The highest BCUT2D eigenvalue weighted by atomic mass is 32.1. The van der Waals surface area contributed by atoms with Crippen LogP contribution in [0.25, 0.3) is 22.3 Å². The van der Waals surface area contributed by atoms with Crippen molar-refractivity contribution in [2.75, 3.05) is 46.9 Å². The predicted molar refractivity (Wildman–Crippen MR) is 373 cm³/mol. The lowest BCUT2D eigenvalue weighted by atomic mass is 9.83. The minimum Gasteiger partial charge on any atom is -0.481 e. The van der Waals surface area contributed by atoms with E-state index in [9.17, 15) is 69.0 Å². The number of esters is 1. The van der Waals surface area contributed by atoms with E-state index in [1.165, 1.54) is 68.0 Å². The number of hydrogen-bond acceptors (Lipinski definition) is 9. The summed E-state index contributed by atoms with van der Waals surface area (Å²) in [5, 5.41) is 9.73. The second-order valence-electron chi connectivity index (χ2n) is 26.1. The lowest BCUT2D eigenvalue weighted by molar-refractivity contribution is -0.144. The third-order valence-corrected chi connectivity index (χ3v) is 17.9. The normalized spacial score (nSPS) is 13.0. The summed E-state index contributed by atoms with van der Waals surface area (Å²) in [5.74, 6) is -16.7. The summed E-state index contributed by atoms with van der Waals surface area (Å²) >= 11 is 0. The van der Waals surface area contributed by atoms with Crippen molar-refractivity contribution in [1.29, 1.82) is 0 Å². The number of Topliss-reactive ketones (excluding diaryl/α,β-unsaturated/α-hetero) is 2. The number of carboxylic acids is 1. The van der Waals surface area contributed by atoms with Crippen LogP contribution in [0.15, 0.2) is 70.5 Å². The van der Waals surface area contributed by atoms with Gasteiger partial charge in [0, 0.05) is 84.5 Å². The van der Waals surface area contributed by atoms with Gasteiger partial charge in [0.1, 0.15) is 34.9 Å². The lowest BCUT2D eigenvalue weighted by Crippen LogP contribution is -2.33. The first-order valence-electron chi connectivity index (χ1n) is 32.5. The van der Waals surface area contributed by atoms with Gasteiger partial charge in [0.25, 0.3) is 11.1 Å². The zero-order valence-corrected chi connectivity index (χ0v) is 61.1. The molecule has 2 aromatic heterocycles. The van der Waals surface area contributed by atoms with Gasteiger partial charge >= 0.3 is 24.3 Å². The maximum Gasteiger partial charge on any atom is 0.419 e. The standard InChI is InChI=1S/C38H46F6N2O4.C36H42F6N2O4.2H2S/c1-9-45(8)14-13-25-20-46(32(48)16-23(25)6)30(15-21(3)4)31(47)17-26(18-33(49)50-10-2)35-36(40)27(19-28(37(35)41)38(42,43)44)34-22(5)11-12-29(39)24(34)7;1-8-43(7)12-11-23-18-44(30(46)14-21(23)5)28(13-19(2)3)29(45)15-24(16-31(47)48)33-34(38)25(17-26(35(33)39)36(40,41)42)32-20(4)9-10-27(37)22(32)6;;/h11-12,16,19-21,26,30H,9-10,13-15,17-18H2,1-8H3;9-10,14,17-19,24,28H,8,11-13,15-16H2,1-7H3,(H,47,48);2*1H2/t26-,30?;24-,28?;;/m00../s1. The number of aromatic nitrogens is 2. The van der Waals surface area contributed by atoms with Crippen LogP contribution in [0.2, 0.25) is 0 Å². The maximum atomic E-state index is 16.6. The third-order valence-electron chi connectivity index (χ3n) is 17.9. The van der Waals surface area contributed by atoms with Crippen LogP contribution in [-0.2, 0) is 49.1 Å². The van der Waals surface area contributed by atoms with Gasteiger partial charge in [-0.3, -0.25) is 28.8 Å². The van der Waals surface area contributed by atoms with Crippen molar-refractivity contribution >= 4 is 50.5 Å². The van der Waals surface area contributed by atoms with Gasteiger partial charge in [-0.05, 0) is 193 Å². The Bertz CT molecular complexity index is 4020. The highest BCUT2D eigenvalue weighted by Gasteiger charge is 2.43. The van der Waals surface area contributed by atoms with Crippen LogP contribution in [0.1, 0.15) is 178 Å². The average molecular weight is 1460 g/mol. The average Bonchev–Trinajstić information content (AvgIpc) is 0.757. The number of hydrogen-bond donors (Lipinski definition) is 1. The summed E-state index contributed by atoms with van der Waals surface area (Å²) in [5.41, 5.74) is -5.99. The fourth-order valence-corrected chi connectivity index (χ4v) is 12.2. The molecule has 0 fully saturated rings. The number of nitrogens with zero attached hydrogens (tertiary/aromatic N) is 4. The number of ether oxygens (including phenoxy) is 1. The number of alkyl halides is 6. The fourth-order valence-electron chi connectivity index (χ4n) is 12.2. The Balaban J connectivity index is 0.000000510. The number of rotatable bonds is 29. The van der Waals surface area contributed by atoms with Crippen LogP contribution in [-0.4, -0.2) is 94.4 Å². The van der Waals surface area contributed by atoms with Crippen molar-refractivity contribution in [1.82, 2.24) is 18.9 Å². The molecule has 0 amide bonds. The predicted octanol–water partition coefficient (Wildman–Crippen LogP) is 17.1. The highest BCUT2D eigenvalue weighted by molar-refractivity contribution is 7.59. The summed E-state index contributed by atoms with van der Waals surface area (Å²) in [4.78, 5) is 83.8. The maximum absolute atomic E-state index is 16.6. The number of carbonyl (C=O) groups excluding carboxylic acids is 3. The number of ketones is 2. The second kappa shape index (κ2) is 37.1. The van der Waals surface area contributed by atoms with Gasteiger partial charge in [0.2, 0.25) is 0 Å². The molecule has 6 aromatic rings. The van der Waals surface area contributed by atoms with Gasteiger partial charge in [-0.15, -0.1) is 0 Å². The Kier molecular flexibility index (Phi) is 32.3. The van der Waals surface area contributed by atoms with Crippen molar-refractivity contribution in [3.63, 3.8) is 0 Å². The van der Waals surface area contributed by atoms with E-state index in [1.807, 2.05) is 41.8 Å². The van der Waals surface area contributed by atoms with Crippen LogP contribution >= 0.6 is 27.0 Å². The minimum absolute atomic E-state index is 0. The summed E-state index contributed by atoms with van der Waals surface area (Å²) in [6.45, 7) is 24.3. The first-order chi connectivity index (χ1) is 45.6. The number of likely N-dealkylation sites (N-methyl/N-ethyl adjacent to an activating group) is 2. The summed E-state index contributed by atoms with van der Waals surface area (Å²) in [6.07, 6.45) is -9.78. The molecule has 0 spiro atoms. The van der Waals surface area contributed by atoms with E-state index >= 15 is 17.6 Å². The van der Waals surface area contributed by atoms with E-state index in [4.69, 9.17) is 4.74 Å². The first-order valence-corrected chi connectivity index (χ1v) is 32.5. The molecule has 4 aromatic carbocycles. The number of pyridine rings is 2. The number of halogens is 12. The smallest absolute Gasteiger partial charge is 0.419 e. The summed E-state index contributed by atoms with van der Waals surface area (Å²) in [7, 11) is 3.86. The van der Waals surface area contributed by atoms with Crippen molar-refractivity contribution in [3.05, 3.63) is 183 Å². The Morgan fingerprint density at radius 3 is 1.18 bits per heavy atom. The van der Waals surface area contributed by atoms with E-state index in [0.29, 0.717) is 31.5 Å².